The van der Waals surface area contributed by atoms with Crippen molar-refractivity contribution in [3.63, 3.8) is 0 Å². The normalized spacial score (nSPS) is 13.0. The summed E-state index contributed by atoms with van der Waals surface area (Å²) in [5.74, 6) is -0.0403. The number of amides is 2. The van der Waals surface area contributed by atoms with Crippen LogP contribution in [0.15, 0.2) is 91.1 Å². The Bertz CT molecular complexity index is 1350. The van der Waals surface area contributed by atoms with Gasteiger partial charge in [-0.1, -0.05) is 80.1 Å². The number of nitrogens with zero attached hydrogens (tertiary/aromatic N) is 3. The third kappa shape index (κ3) is 5.93. The zero-order valence-corrected chi connectivity index (χ0v) is 21.6. The zero-order chi connectivity index (χ0) is 25.6. The van der Waals surface area contributed by atoms with Crippen LogP contribution in [-0.4, -0.2) is 45.3 Å². The minimum absolute atomic E-state index is 0.0275. The molecule has 1 heterocycles. The second kappa shape index (κ2) is 11.5. The van der Waals surface area contributed by atoms with Crippen LogP contribution in [0.5, 0.6) is 0 Å². The lowest BCUT2D eigenvalue weighted by Crippen LogP contribution is -2.44. The molecule has 3 aromatic carbocycles. The summed E-state index contributed by atoms with van der Waals surface area (Å²) < 4.78 is 2.22. The Morgan fingerprint density at radius 3 is 2.43 bits per heavy atom. The number of unbranched alkanes of at least 4 members (excludes halogenated alkanes) is 1. The minimum Gasteiger partial charge on any atom is -0.345 e. The van der Waals surface area contributed by atoms with Crippen molar-refractivity contribution in [1.29, 1.82) is 0 Å². The third-order valence-electron chi connectivity index (χ3n) is 7.17. The molecule has 5 nitrogen and oxygen atoms in total. The number of aromatic nitrogens is 1. The van der Waals surface area contributed by atoms with Crippen LogP contribution in [0.25, 0.3) is 10.8 Å². The fourth-order valence-corrected chi connectivity index (χ4v) is 4.95. The van der Waals surface area contributed by atoms with Gasteiger partial charge in [0.25, 0.3) is 5.91 Å². The van der Waals surface area contributed by atoms with Crippen molar-refractivity contribution >= 4 is 22.6 Å². The molecule has 1 aliphatic carbocycles. The number of hydrogen-bond acceptors (Lipinski definition) is 2. The van der Waals surface area contributed by atoms with Crippen LogP contribution in [0.3, 0.4) is 0 Å². The molecule has 0 atom stereocenters. The number of rotatable bonds is 11. The monoisotopic (exact) mass is 493 g/mol. The third-order valence-corrected chi connectivity index (χ3v) is 7.17. The molecule has 0 radical (unpaired) electrons. The van der Waals surface area contributed by atoms with E-state index in [2.05, 4.69) is 48.0 Å². The minimum atomic E-state index is -0.0678. The molecule has 0 saturated heterocycles. The lowest BCUT2D eigenvalue weighted by Gasteiger charge is -2.28. The highest BCUT2D eigenvalue weighted by molar-refractivity contribution is 6.07. The Morgan fingerprint density at radius 1 is 0.892 bits per heavy atom. The SMILES string of the molecule is CCCCN(CC(=O)N(Cc1cccn1Cc1ccccc1)C1CC1)C(=O)c1cccc2ccccc12. The molecule has 0 aliphatic heterocycles. The molecule has 1 aromatic heterocycles. The number of carbonyl (C=O) groups is 2. The molecule has 1 saturated carbocycles. The zero-order valence-electron chi connectivity index (χ0n) is 21.6. The van der Waals surface area contributed by atoms with E-state index in [9.17, 15) is 9.59 Å². The summed E-state index contributed by atoms with van der Waals surface area (Å²) in [6.45, 7) is 4.14. The second-order valence-corrected chi connectivity index (χ2v) is 9.97. The first kappa shape index (κ1) is 24.8. The van der Waals surface area contributed by atoms with Gasteiger partial charge in [0.2, 0.25) is 5.91 Å². The summed E-state index contributed by atoms with van der Waals surface area (Å²) in [6.07, 6.45) is 5.96. The predicted octanol–water partition coefficient (Wildman–Crippen LogP) is 6.12. The summed E-state index contributed by atoms with van der Waals surface area (Å²) in [4.78, 5) is 31.2. The molecule has 37 heavy (non-hydrogen) atoms. The maximum Gasteiger partial charge on any atom is 0.254 e. The van der Waals surface area contributed by atoms with Crippen molar-refractivity contribution in [3.05, 3.63) is 108 Å². The first-order valence-electron chi connectivity index (χ1n) is 13.4. The van der Waals surface area contributed by atoms with Gasteiger partial charge in [0.1, 0.15) is 6.54 Å². The fourth-order valence-electron chi connectivity index (χ4n) is 4.95. The van der Waals surface area contributed by atoms with Gasteiger partial charge in [0, 0.05) is 36.6 Å². The summed E-state index contributed by atoms with van der Waals surface area (Å²) >= 11 is 0. The first-order valence-corrected chi connectivity index (χ1v) is 13.4. The van der Waals surface area contributed by atoms with E-state index in [1.807, 2.05) is 59.5 Å². The summed E-state index contributed by atoms with van der Waals surface area (Å²) in [5.41, 5.74) is 3.01. The van der Waals surface area contributed by atoms with Gasteiger partial charge in [-0.15, -0.1) is 0 Å². The van der Waals surface area contributed by atoms with E-state index < -0.39 is 0 Å². The molecular formula is C32H35N3O2. The van der Waals surface area contributed by atoms with E-state index in [-0.39, 0.29) is 24.4 Å². The quantitative estimate of drug-likeness (QED) is 0.253. The van der Waals surface area contributed by atoms with Crippen LogP contribution in [0, 0.1) is 0 Å². The van der Waals surface area contributed by atoms with Crippen molar-refractivity contribution in [2.45, 2.75) is 51.7 Å². The molecule has 1 aliphatic rings. The molecule has 0 bridgehead atoms. The number of carbonyl (C=O) groups excluding carboxylic acids is 2. The van der Waals surface area contributed by atoms with Crippen LogP contribution in [0.2, 0.25) is 0 Å². The average molecular weight is 494 g/mol. The summed E-state index contributed by atoms with van der Waals surface area (Å²) in [7, 11) is 0. The molecule has 5 heteroatoms. The highest BCUT2D eigenvalue weighted by Crippen LogP contribution is 2.29. The number of fused-ring (bicyclic) bond motifs is 1. The highest BCUT2D eigenvalue weighted by atomic mass is 16.2. The largest absolute Gasteiger partial charge is 0.345 e. The molecular weight excluding hydrogens is 458 g/mol. The van der Waals surface area contributed by atoms with Crippen molar-refractivity contribution in [1.82, 2.24) is 14.4 Å². The van der Waals surface area contributed by atoms with E-state index in [4.69, 9.17) is 0 Å². The molecule has 2 amide bonds. The molecule has 0 N–H and O–H groups in total. The van der Waals surface area contributed by atoms with Gasteiger partial charge in [-0.3, -0.25) is 9.59 Å². The molecule has 0 spiro atoms. The Morgan fingerprint density at radius 2 is 1.65 bits per heavy atom. The predicted molar refractivity (Wildman–Crippen MR) is 148 cm³/mol. The van der Waals surface area contributed by atoms with Gasteiger partial charge >= 0.3 is 0 Å². The van der Waals surface area contributed by atoms with Gasteiger partial charge in [-0.05, 0) is 53.8 Å². The fraction of sp³-hybridized carbons (Fsp3) is 0.312. The van der Waals surface area contributed by atoms with Crippen LogP contribution in [-0.2, 0) is 17.9 Å². The highest BCUT2D eigenvalue weighted by Gasteiger charge is 2.34. The lowest BCUT2D eigenvalue weighted by atomic mass is 10.0. The van der Waals surface area contributed by atoms with Crippen molar-refractivity contribution in [3.8, 4) is 0 Å². The summed E-state index contributed by atoms with van der Waals surface area (Å²) in [6, 6.07) is 28.5. The van der Waals surface area contributed by atoms with E-state index >= 15 is 0 Å². The molecule has 0 unspecified atom stereocenters. The maximum atomic E-state index is 13.7. The van der Waals surface area contributed by atoms with E-state index in [0.717, 1.165) is 48.7 Å². The van der Waals surface area contributed by atoms with Gasteiger partial charge in [-0.25, -0.2) is 0 Å². The van der Waals surface area contributed by atoms with Crippen LogP contribution in [0.1, 0.15) is 54.2 Å². The average Bonchev–Trinajstić information content (AvgIpc) is 3.68. The van der Waals surface area contributed by atoms with Gasteiger partial charge < -0.3 is 14.4 Å². The Labute approximate surface area is 219 Å². The van der Waals surface area contributed by atoms with Crippen molar-refractivity contribution in [2.75, 3.05) is 13.1 Å². The summed E-state index contributed by atoms with van der Waals surface area (Å²) in [5, 5.41) is 1.97. The van der Waals surface area contributed by atoms with E-state index in [1.165, 1.54) is 5.56 Å². The van der Waals surface area contributed by atoms with Crippen LogP contribution >= 0.6 is 0 Å². The molecule has 5 rings (SSSR count). The topological polar surface area (TPSA) is 45.6 Å². The number of hydrogen-bond donors (Lipinski definition) is 0. The maximum absolute atomic E-state index is 13.7. The molecule has 190 valence electrons. The van der Waals surface area contributed by atoms with E-state index in [0.29, 0.717) is 18.7 Å². The molecule has 4 aromatic rings. The van der Waals surface area contributed by atoms with Gasteiger partial charge in [0.05, 0.1) is 6.54 Å². The molecule has 1 fully saturated rings. The lowest BCUT2D eigenvalue weighted by molar-refractivity contribution is -0.133. The first-order chi connectivity index (χ1) is 18.1. The van der Waals surface area contributed by atoms with Crippen LogP contribution in [0.4, 0.5) is 0 Å². The Hall–Kier alpha value is -3.86. The standard InChI is InChI=1S/C32H35N3O2/c1-2-3-20-34(32(37)30-17-9-14-26-13-7-8-16-29(26)30)24-31(36)35(27-18-19-27)23-28-15-10-21-33(28)22-25-11-5-4-6-12-25/h4-17,21,27H,2-3,18-20,22-24H2,1H3. The Balaban J connectivity index is 1.34. The van der Waals surface area contributed by atoms with Crippen molar-refractivity contribution in [2.24, 2.45) is 0 Å². The second-order valence-electron chi connectivity index (χ2n) is 9.97. The van der Waals surface area contributed by atoms with E-state index in [1.54, 1.807) is 4.90 Å². The van der Waals surface area contributed by atoms with Crippen LogP contribution < -0.4 is 0 Å². The van der Waals surface area contributed by atoms with Crippen molar-refractivity contribution < 1.29 is 9.59 Å². The van der Waals surface area contributed by atoms with Gasteiger partial charge in [0.15, 0.2) is 0 Å². The van der Waals surface area contributed by atoms with Gasteiger partial charge in [-0.2, -0.15) is 0 Å². The smallest absolute Gasteiger partial charge is 0.254 e. The number of benzene rings is 3. The Kier molecular flexibility index (Phi) is 7.69.